The summed E-state index contributed by atoms with van der Waals surface area (Å²) in [5.74, 6) is 0.0970. The van der Waals surface area contributed by atoms with E-state index in [1.807, 2.05) is 12.1 Å². The van der Waals surface area contributed by atoms with Gasteiger partial charge in [-0.2, -0.15) is 0 Å². The Labute approximate surface area is 122 Å². The van der Waals surface area contributed by atoms with Crippen LogP contribution in [0.15, 0.2) is 41.7 Å². The highest BCUT2D eigenvalue weighted by molar-refractivity contribution is 5.92. The molecule has 2 N–H and O–H groups in total. The van der Waals surface area contributed by atoms with Gasteiger partial charge in [-0.15, -0.1) is 0 Å². The van der Waals surface area contributed by atoms with E-state index in [4.69, 9.17) is 0 Å². The molecule has 1 unspecified atom stereocenters. The second-order valence-corrected chi connectivity index (χ2v) is 5.24. The van der Waals surface area contributed by atoms with E-state index < -0.39 is 0 Å². The number of aromatic nitrogens is 3. The van der Waals surface area contributed by atoms with Gasteiger partial charge >= 0.3 is 0 Å². The zero-order chi connectivity index (χ0) is 15.2. The van der Waals surface area contributed by atoms with Crippen LogP contribution < -0.4 is 10.9 Å². The maximum absolute atomic E-state index is 12.2. The van der Waals surface area contributed by atoms with Crippen LogP contribution in [0.1, 0.15) is 42.4 Å². The number of H-pyrrole nitrogens is 1. The molecule has 0 fully saturated rings. The number of carbonyl (C=O) groups is 1. The number of pyridine rings is 1. The first kappa shape index (κ1) is 14.9. The molecule has 2 heterocycles. The van der Waals surface area contributed by atoms with Gasteiger partial charge in [-0.3, -0.25) is 14.6 Å². The van der Waals surface area contributed by atoms with Gasteiger partial charge in [0.25, 0.3) is 11.5 Å². The number of amides is 1. The standard InChI is InChI=1S/C15H18N4O2/c1-10(2)6-12(11-4-3-5-16-7-11)19-15(21)13-8-18-14(20)9-17-13/h3-5,7-10,12H,6H2,1-2H3,(H,18,20)(H,19,21). The van der Waals surface area contributed by atoms with Gasteiger partial charge in [-0.1, -0.05) is 19.9 Å². The van der Waals surface area contributed by atoms with Crippen molar-refractivity contribution in [2.45, 2.75) is 26.3 Å². The summed E-state index contributed by atoms with van der Waals surface area (Å²) < 4.78 is 0. The lowest BCUT2D eigenvalue weighted by atomic mass is 9.98. The van der Waals surface area contributed by atoms with Crippen LogP contribution in [0.25, 0.3) is 0 Å². The molecule has 2 aromatic rings. The largest absolute Gasteiger partial charge is 0.344 e. The monoisotopic (exact) mass is 286 g/mol. The summed E-state index contributed by atoms with van der Waals surface area (Å²) in [7, 11) is 0. The van der Waals surface area contributed by atoms with Crippen molar-refractivity contribution in [2.75, 3.05) is 0 Å². The van der Waals surface area contributed by atoms with Crippen LogP contribution in [0.3, 0.4) is 0 Å². The zero-order valence-electron chi connectivity index (χ0n) is 12.0. The smallest absolute Gasteiger partial charge is 0.271 e. The molecule has 0 aromatic carbocycles. The molecule has 0 aliphatic rings. The Hall–Kier alpha value is -2.50. The molecular formula is C15H18N4O2. The van der Waals surface area contributed by atoms with Crippen molar-refractivity contribution >= 4 is 5.91 Å². The summed E-state index contributed by atoms with van der Waals surface area (Å²) in [6.45, 7) is 4.18. The molecule has 1 amide bonds. The predicted molar refractivity (Wildman–Crippen MR) is 78.8 cm³/mol. The Morgan fingerprint density at radius 1 is 1.38 bits per heavy atom. The van der Waals surface area contributed by atoms with Crippen molar-refractivity contribution in [3.63, 3.8) is 0 Å². The van der Waals surface area contributed by atoms with Gasteiger partial charge in [0, 0.05) is 18.6 Å². The van der Waals surface area contributed by atoms with Crippen molar-refractivity contribution in [1.82, 2.24) is 20.3 Å². The topological polar surface area (TPSA) is 87.7 Å². The highest BCUT2D eigenvalue weighted by Crippen LogP contribution is 2.20. The number of rotatable bonds is 5. The molecule has 1 atom stereocenters. The first-order valence-corrected chi connectivity index (χ1v) is 6.82. The van der Waals surface area contributed by atoms with Gasteiger partial charge in [0.2, 0.25) is 0 Å². The summed E-state index contributed by atoms with van der Waals surface area (Å²) in [5.41, 5.74) is 0.800. The van der Waals surface area contributed by atoms with E-state index in [0.717, 1.165) is 18.2 Å². The maximum Gasteiger partial charge on any atom is 0.271 e. The maximum atomic E-state index is 12.2. The van der Waals surface area contributed by atoms with Crippen LogP contribution in [0.4, 0.5) is 0 Å². The Balaban J connectivity index is 2.17. The molecule has 6 nitrogen and oxygen atoms in total. The van der Waals surface area contributed by atoms with E-state index in [0.29, 0.717) is 5.92 Å². The van der Waals surface area contributed by atoms with Crippen molar-refractivity contribution in [2.24, 2.45) is 5.92 Å². The minimum atomic E-state index is -0.336. The van der Waals surface area contributed by atoms with E-state index in [-0.39, 0.29) is 23.2 Å². The SMILES string of the molecule is CC(C)CC(NC(=O)c1c[nH]c(=O)cn1)c1cccnc1. The quantitative estimate of drug-likeness (QED) is 0.875. The average Bonchev–Trinajstić information content (AvgIpc) is 2.47. The first-order valence-electron chi connectivity index (χ1n) is 6.82. The molecule has 2 aromatic heterocycles. The van der Waals surface area contributed by atoms with Crippen LogP contribution in [0.5, 0.6) is 0 Å². The molecule has 21 heavy (non-hydrogen) atoms. The van der Waals surface area contributed by atoms with Gasteiger partial charge in [0.1, 0.15) is 5.69 Å². The number of aromatic amines is 1. The molecule has 0 saturated heterocycles. The molecule has 110 valence electrons. The number of nitrogens with one attached hydrogen (secondary N) is 2. The summed E-state index contributed by atoms with van der Waals surface area (Å²) in [6.07, 6.45) is 6.64. The summed E-state index contributed by atoms with van der Waals surface area (Å²) in [5, 5.41) is 2.94. The molecule has 0 aliphatic carbocycles. The fourth-order valence-corrected chi connectivity index (χ4v) is 2.03. The minimum Gasteiger partial charge on any atom is -0.344 e. The van der Waals surface area contributed by atoms with Gasteiger partial charge < -0.3 is 10.3 Å². The fraction of sp³-hybridized carbons (Fsp3) is 0.333. The van der Waals surface area contributed by atoms with E-state index in [2.05, 4.69) is 34.1 Å². The highest BCUT2D eigenvalue weighted by atomic mass is 16.2. The molecular weight excluding hydrogens is 268 g/mol. The Bertz CT molecular complexity index is 632. The van der Waals surface area contributed by atoms with Crippen LogP contribution in [-0.2, 0) is 0 Å². The first-order chi connectivity index (χ1) is 10.1. The fourth-order valence-electron chi connectivity index (χ4n) is 2.03. The van der Waals surface area contributed by atoms with E-state index >= 15 is 0 Å². The van der Waals surface area contributed by atoms with Crippen molar-refractivity contribution in [3.8, 4) is 0 Å². The Morgan fingerprint density at radius 3 is 2.76 bits per heavy atom. The van der Waals surface area contributed by atoms with Crippen LogP contribution >= 0.6 is 0 Å². The van der Waals surface area contributed by atoms with Gasteiger partial charge in [0.05, 0.1) is 12.2 Å². The Morgan fingerprint density at radius 2 is 2.19 bits per heavy atom. The molecule has 0 aliphatic heterocycles. The van der Waals surface area contributed by atoms with Gasteiger partial charge in [-0.25, -0.2) is 4.98 Å². The summed E-state index contributed by atoms with van der Waals surface area (Å²) in [4.78, 5) is 33.5. The summed E-state index contributed by atoms with van der Waals surface area (Å²) >= 11 is 0. The molecule has 2 rings (SSSR count). The second kappa shape index (κ2) is 6.78. The van der Waals surface area contributed by atoms with E-state index in [1.165, 1.54) is 6.20 Å². The second-order valence-electron chi connectivity index (χ2n) is 5.24. The van der Waals surface area contributed by atoms with Gasteiger partial charge in [-0.05, 0) is 24.0 Å². The number of hydrogen-bond acceptors (Lipinski definition) is 4. The molecule has 6 heteroatoms. The minimum absolute atomic E-state index is 0.139. The third-order valence-corrected chi connectivity index (χ3v) is 3.00. The van der Waals surface area contributed by atoms with Crippen LogP contribution in [0, 0.1) is 5.92 Å². The Kier molecular flexibility index (Phi) is 4.81. The summed E-state index contributed by atoms with van der Waals surface area (Å²) in [6, 6.07) is 3.63. The zero-order valence-corrected chi connectivity index (χ0v) is 12.0. The third kappa shape index (κ3) is 4.24. The van der Waals surface area contributed by atoms with Crippen molar-refractivity contribution in [3.05, 3.63) is 58.5 Å². The van der Waals surface area contributed by atoms with Crippen molar-refractivity contribution < 1.29 is 4.79 Å². The van der Waals surface area contributed by atoms with E-state index in [9.17, 15) is 9.59 Å². The predicted octanol–water partition coefficient (Wildman–Crippen LogP) is 1.68. The molecule has 0 spiro atoms. The lowest BCUT2D eigenvalue weighted by Crippen LogP contribution is -2.30. The number of nitrogens with zero attached hydrogens (tertiary/aromatic N) is 2. The lowest BCUT2D eigenvalue weighted by molar-refractivity contribution is 0.0926. The average molecular weight is 286 g/mol. The van der Waals surface area contributed by atoms with Gasteiger partial charge in [0.15, 0.2) is 0 Å². The normalized spacial score (nSPS) is 12.1. The number of hydrogen-bond donors (Lipinski definition) is 2. The van der Waals surface area contributed by atoms with Crippen LogP contribution in [-0.4, -0.2) is 20.9 Å². The van der Waals surface area contributed by atoms with E-state index in [1.54, 1.807) is 12.4 Å². The van der Waals surface area contributed by atoms with Crippen LogP contribution in [0.2, 0.25) is 0 Å². The third-order valence-electron chi connectivity index (χ3n) is 3.00. The number of carbonyl (C=O) groups excluding carboxylic acids is 1. The van der Waals surface area contributed by atoms with Crippen molar-refractivity contribution in [1.29, 1.82) is 0 Å². The lowest BCUT2D eigenvalue weighted by Gasteiger charge is -2.20. The highest BCUT2D eigenvalue weighted by Gasteiger charge is 2.18. The molecule has 0 saturated carbocycles. The molecule has 0 radical (unpaired) electrons. The molecule has 0 bridgehead atoms.